The quantitative estimate of drug-likeness (QED) is 0.514. The lowest BCUT2D eigenvalue weighted by Crippen LogP contribution is -2.34. The smallest absolute Gasteiger partial charge is 0.333 e. The van der Waals surface area contributed by atoms with Crippen LogP contribution in [0.4, 0.5) is 10.5 Å². The summed E-state index contributed by atoms with van der Waals surface area (Å²) < 4.78 is 26.3. The topological polar surface area (TPSA) is 147 Å². The fourth-order valence-electron chi connectivity index (χ4n) is 2.07. The summed E-state index contributed by atoms with van der Waals surface area (Å²) in [4.78, 5) is 33.9. The molecule has 10 heteroatoms. The normalized spacial score (nSPS) is 10.7. The Morgan fingerprint density at radius 2 is 1.78 bits per heavy atom. The molecule has 141 valence electrons. The zero-order valence-electron chi connectivity index (χ0n) is 14.0. The van der Waals surface area contributed by atoms with E-state index in [1.165, 1.54) is 36.4 Å². The molecule has 0 aliphatic rings. The standard InChI is InChI=1S/C17H17N4O5S/c18-11-12-4-6-15(7-5-12)27(25,26)21-17(24)20-14-3-1-2-13(10-14)16(23)19-8-9-22/h1-10H,11,18H2,(H,19,23)(H2,20,21,24). The first kappa shape index (κ1) is 20.1. The highest BCUT2D eigenvalue weighted by molar-refractivity contribution is 7.90. The molecule has 0 unspecified atom stereocenters. The molecule has 0 saturated heterocycles. The van der Waals surface area contributed by atoms with Gasteiger partial charge >= 0.3 is 6.03 Å². The van der Waals surface area contributed by atoms with E-state index in [1.54, 1.807) is 12.1 Å². The molecule has 0 fully saturated rings. The van der Waals surface area contributed by atoms with E-state index < -0.39 is 22.0 Å². The van der Waals surface area contributed by atoms with Crippen molar-refractivity contribution in [3.63, 3.8) is 0 Å². The van der Waals surface area contributed by atoms with Crippen molar-refractivity contribution < 1.29 is 22.8 Å². The van der Waals surface area contributed by atoms with Crippen LogP contribution in [0.25, 0.3) is 0 Å². The van der Waals surface area contributed by atoms with Gasteiger partial charge in [0.2, 0.25) is 0 Å². The molecule has 0 saturated carbocycles. The molecule has 27 heavy (non-hydrogen) atoms. The molecule has 9 nitrogen and oxygen atoms in total. The Kier molecular flexibility index (Phi) is 6.63. The molecule has 0 aromatic heterocycles. The minimum atomic E-state index is -4.07. The monoisotopic (exact) mass is 389 g/mol. The average molecular weight is 389 g/mol. The Balaban J connectivity index is 2.06. The van der Waals surface area contributed by atoms with Gasteiger partial charge < -0.3 is 21.2 Å². The third-order valence-electron chi connectivity index (χ3n) is 3.36. The number of sulfonamides is 1. The lowest BCUT2D eigenvalue weighted by molar-refractivity contribution is -0.105. The number of hydrogen-bond donors (Lipinski definition) is 4. The van der Waals surface area contributed by atoms with Crippen LogP contribution in [0.15, 0.2) is 53.4 Å². The maximum atomic E-state index is 12.2. The van der Waals surface area contributed by atoms with E-state index in [1.807, 2.05) is 4.72 Å². The summed E-state index contributed by atoms with van der Waals surface area (Å²) in [5.74, 6) is -0.557. The lowest BCUT2D eigenvalue weighted by Gasteiger charge is -2.10. The molecule has 2 rings (SSSR count). The largest absolute Gasteiger partial charge is 0.340 e. The van der Waals surface area contributed by atoms with Gasteiger partial charge in [0.05, 0.1) is 4.90 Å². The summed E-state index contributed by atoms with van der Waals surface area (Å²) in [6.07, 6.45) is 0.415. The number of urea groups is 1. The van der Waals surface area contributed by atoms with E-state index in [-0.39, 0.29) is 22.7 Å². The zero-order valence-corrected chi connectivity index (χ0v) is 14.8. The zero-order chi connectivity index (χ0) is 19.9. The van der Waals surface area contributed by atoms with E-state index in [0.29, 0.717) is 6.29 Å². The number of rotatable bonds is 7. The number of aldehydes is 1. The van der Waals surface area contributed by atoms with Gasteiger partial charge in [0.15, 0.2) is 0 Å². The van der Waals surface area contributed by atoms with Crippen molar-refractivity contribution in [1.29, 1.82) is 0 Å². The third kappa shape index (κ3) is 5.62. The summed E-state index contributed by atoms with van der Waals surface area (Å²) in [6.45, 7) is 1.19. The van der Waals surface area contributed by atoms with Gasteiger partial charge in [-0.15, -0.1) is 0 Å². The Hall–Kier alpha value is -3.24. The van der Waals surface area contributed by atoms with E-state index >= 15 is 0 Å². The molecule has 0 atom stereocenters. The molecule has 2 aromatic rings. The second-order valence-corrected chi connectivity index (χ2v) is 6.95. The van der Waals surface area contributed by atoms with Crippen LogP contribution < -0.4 is 21.1 Å². The highest BCUT2D eigenvalue weighted by Gasteiger charge is 2.18. The Morgan fingerprint density at radius 3 is 2.41 bits per heavy atom. The Labute approximate surface area is 156 Å². The minimum Gasteiger partial charge on any atom is -0.340 e. The highest BCUT2D eigenvalue weighted by atomic mass is 32.2. The molecule has 0 aliphatic heterocycles. The van der Waals surface area contributed by atoms with Crippen molar-refractivity contribution >= 4 is 33.9 Å². The van der Waals surface area contributed by atoms with Crippen LogP contribution in [-0.4, -0.2) is 26.6 Å². The number of benzene rings is 2. The molecule has 2 aromatic carbocycles. The lowest BCUT2D eigenvalue weighted by atomic mass is 10.2. The molecule has 0 spiro atoms. The Bertz CT molecular complexity index is 942. The average Bonchev–Trinajstić information content (AvgIpc) is 2.65. The van der Waals surface area contributed by atoms with Crippen LogP contribution in [0.2, 0.25) is 0 Å². The maximum absolute atomic E-state index is 12.2. The molecule has 5 N–H and O–H groups in total. The van der Waals surface area contributed by atoms with Crippen LogP contribution in [0.1, 0.15) is 15.9 Å². The van der Waals surface area contributed by atoms with Gasteiger partial charge in [0.25, 0.3) is 15.9 Å². The molecule has 0 bridgehead atoms. The van der Waals surface area contributed by atoms with E-state index in [0.717, 1.165) is 12.1 Å². The third-order valence-corrected chi connectivity index (χ3v) is 4.71. The Morgan fingerprint density at radius 1 is 1.07 bits per heavy atom. The first-order valence-electron chi connectivity index (χ1n) is 7.66. The number of carbonyl (C=O) groups excluding carboxylic acids is 3. The number of nitrogens with two attached hydrogens (primary N) is 1. The number of carbonyl (C=O) groups is 3. The molecular formula is C17H17N4O5S. The maximum Gasteiger partial charge on any atom is 0.333 e. The van der Waals surface area contributed by atoms with Gasteiger partial charge in [0, 0.05) is 17.8 Å². The molecule has 1 radical (unpaired) electrons. The summed E-state index contributed by atoms with van der Waals surface area (Å²) in [5.41, 5.74) is 6.58. The van der Waals surface area contributed by atoms with Crippen molar-refractivity contribution in [3.05, 3.63) is 66.2 Å². The fraction of sp³-hybridized carbons (Fsp3) is 0.0588. The van der Waals surface area contributed by atoms with Gasteiger partial charge in [-0.1, -0.05) is 18.2 Å². The highest BCUT2D eigenvalue weighted by Crippen LogP contribution is 2.13. The van der Waals surface area contributed by atoms with Gasteiger partial charge in [-0.25, -0.2) is 17.9 Å². The predicted molar refractivity (Wildman–Crippen MR) is 97.9 cm³/mol. The van der Waals surface area contributed by atoms with Gasteiger partial charge in [-0.2, -0.15) is 0 Å². The first-order valence-corrected chi connectivity index (χ1v) is 9.15. The predicted octanol–water partition coefficient (Wildman–Crippen LogP) is 0.746. The summed E-state index contributed by atoms with van der Waals surface area (Å²) in [7, 11) is -4.07. The number of hydrogen-bond acceptors (Lipinski definition) is 6. The number of anilines is 1. The summed E-state index contributed by atoms with van der Waals surface area (Å²) >= 11 is 0. The van der Waals surface area contributed by atoms with Gasteiger partial charge in [-0.3, -0.25) is 4.79 Å². The number of amides is 3. The molecule has 0 aliphatic carbocycles. The van der Waals surface area contributed by atoms with E-state index in [2.05, 4.69) is 10.6 Å². The molecule has 3 amide bonds. The summed E-state index contributed by atoms with van der Waals surface area (Å²) in [6, 6.07) is 10.5. The van der Waals surface area contributed by atoms with Gasteiger partial charge in [0.1, 0.15) is 12.8 Å². The van der Waals surface area contributed by atoms with Crippen molar-refractivity contribution in [2.45, 2.75) is 11.4 Å². The van der Waals surface area contributed by atoms with Crippen LogP contribution in [-0.2, 0) is 21.4 Å². The van der Waals surface area contributed by atoms with Crippen molar-refractivity contribution in [2.24, 2.45) is 5.73 Å². The first-order chi connectivity index (χ1) is 12.9. The molecular weight excluding hydrogens is 372 g/mol. The van der Waals surface area contributed by atoms with Gasteiger partial charge in [-0.05, 0) is 35.9 Å². The molecule has 0 heterocycles. The van der Waals surface area contributed by atoms with Crippen molar-refractivity contribution in [1.82, 2.24) is 10.0 Å². The summed E-state index contributed by atoms with van der Waals surface area (Å²) in [5, 5.41) is 4.57. The van der Waals surface area contributed by atoms with E-state index in [4.69, 9.17) is 5.73 Å². The minimum absolute atomic E-state index is 0.0904. The second kappa shape index (κ2) is 8.92. The van der Waals surface area contributed by atoms with Crippen LogP contribution in [0.3, 0.4) is 0 Å². The van der Waals surface area contributed by atoms with Crippen molar-refractivity contribution in [2.75, 3.05) is 5.32 Å². The fourth-order valence-corrected chi connectivity index (χ4v) is 2.98. The van der Waals surface area contributed by atoms with Crippen LogP contribution >= 0.6 is 0 Å². The van der Waals surface area contributed by atoms with Crippen LogP contribution in [0.5, 0.6) is 0 Å². The number of nitrogens with one attached hydrogen (secondary N) is 3. The SMILES string of the molecule is NCc1ccc(S(=O)(=O)NC(=O)Nc2cccc(C(=O)N[CH]C=O)c2)cc1. The van der Waals surface area contributed by atoms with E-state index in [9.17, 15) is 22.8 Å². The van der Waals surface area contributed by atoms with Crippen molar-refractivity contribution in [3.8, 4) is 0 Å². The second-order valence-electron chi connectivity index (χ2n) is 5.26. The van der Waals surface area contributed by atoms with Crippen LogP contribution in [0, 0.1) is 6.54 Å².